The fourth-order valence-electron chi connectivity index (χ4n) is 2.71. The normalized spacial score (nSPS) is 24.0. The number of non-ortho nitro benzene ring substituents is 1. The molecule has 1 aliphatic rings. The van der Waals surface area contributed by atoms with E-state index in [1.165, 1.54) is 45.0 Å². The lowest BCUT2D eigenvalue weighted by molar-refractivity contribution is -0.384. The molecule has 4 atom stereocenters. The van der Waals surface area contributed by atoms with Gasteiger partial charge in [0.05, 0.1) is 11.5 Å². The molecule has 0 bridgehead atoms. The monoisotopic (exact) mass is 396 g/mol. The molecule has 1 saturated heterocycles. The van der Waals surface area contributed by atoms with E-state index in [1.807, 2.05) is 0 Å². The second-order valence-electron chi connectivity index (χ2n) is 6.00. The minimum Gasteiger partial charge on any atom is -0.456 e. The highest BCUT2D eigenvalue weighted by molar-refractivity contribution is 5.68. The van der Waals surface area contributed by atoms with E-state index in [0.29, 0.717) is 5.69 Å². The van der Waals surface area contributed by atoms with Crippen LogP contribution in [0.2, 0.25) is 0 Å². The molecule has 28 heavy (non-hydrogen) atoms. The summed E-state index contributed by atoms with van der Waals surface area (Å²) in [6.07, 6.45) is -4.16. The Morgan fingerprint density at radius 2 is 1.54 bits per heavy atom. The number of ether oxygens (including phenoxy) is 4. The minimum absolute atomic E-state index is 0.0978. The van der Waals surface area contributed by atoms with E-state index in [2.05, 4.69) is 5.32 Å². The van der Waals surface area contributed by atoms with Crippen LogP contribution in [0, 0.1) is 10.1 Å². The Balaban J connectivity index is 2.25. The number of nitrogens with one attached hydrogen (secondary N) is 1. The number of nitrogens with zero attached hydrogens (tertiary/aromatic N) is 1. The van der Waals surface area contributed by atoms with Gasteiger partial charge in [0.2, 0.25) is 0 Å². The third-order valence-electron chi connectivity index (χ3n) is 3.74. The van der Waals surface area contributed by atoms with Crippen LogP contribution in [0.1, 0.15) is 20.8 Å². The second-order valence-corrected chi connectivity index (χ2v) is 6.00. The highest BCUT2D eigenvalue weighted by atomic mass is 16.6. The summed E-state index contributed by atoms with van der Waals surface area (Å²) in [6, 6.07) is 5.48. The molecule has 2 rings (SSSR count). The average Bonchev–Trinajstić information content (AvgIpc) is 2.59. The lowest BCUT2D eigenvalue weighted by Gasteiger charge is -2.40. The Morgan fingerprint density at radius 3 is 2.04 bits per heavy atom. The van der Waals surface area contributed by atoms with Crippen LogP contribution < -0.4 is 5.32 Å². The van der Waals surface area contributed by atoms with Crippen LogP contribution in [-0.2, 0) is 33.3 Å². The van der Waals surface area contributed by atoms with Crippen LogP contribution in [0.25, 0.3) is 0 Å². The first-order valence-corrected chi connectivity index (χ1v) is 8.31. The molecule has 1 fully saturated rings. The highest BCUT2D eigenvalue weighted by Crippen LogP contribution is 2.26. The van der Waals surface area contributed by atoms with Crippen molar-refractivity contribution in [3.05, 3.63) is 34.4 Å². The van der Waals surface area contributed by atoms with Gasteiger partial charge in [0.1, 0.15) is 0 Å². The molecule has 11 heteroatoms. The quantitative estimate of drug-likeness (QED) is 0.322. The Labute approximate surface area is 160 Å². The number of carbonyl (C=O) groups excluding carboxylic acids is 3. The van der Waals surface area contributed by atoms with Gasteiger partial charge < -0.3 is 24.3 Å². The zero-order valence-electron chi connectivity index (χ0n) is 15.4. The van der Waals surface area contributed by atoms with Crippen molar-refractivity contribution in [1.29, 1.82) is 0 Å². The van der Waals surface area contributed by atoms with E-state index in [9.17, 15) is 24.5 Å². The van der Waals surface area contributed by atoms with Crippen molar-refractivity contribution in [3.63, 3.8) is 0 Å². The Kier molecular flexibility index (Phi) is 6.88. The van der Waals surface area contributed by atoms with E-state index >= 15 is 0 Å². The number of nitro groups is 1. The van der Waals surface area contributed by atoms with Gasteiger partial charge in [-0.2, -0.15) is 0 Å². The number of nitro benzene ring substituents is 1. The first-order valence-electron chi connectivity index (χ1n) is 8.31. The second kappa shape index (κ2) is 9.13. The van der Waals surface area contributed by atoms with E-state index in [-0.39, 0.29) is 12.3 Å². The van der Waals surface area contributed by atoms with Crippen molar-refractivity contribution in [2.24, 2.45) is 0 Å². The van der Waals surface area contributed by atoms with Crippen LogP contribution in [-0.4, -0.2) is 54.0 Å². The molecule has 152 valence electrons. The van der Waals surface area contributed by atoms with Crippen molar-refractivity contribution in [3.8, 4) is 0 Å². The highest BCUT2D eigenvalue weighted by Gasteiger charge is 2.47. The maximum Gasteiger partial charge on any atom is 0.303 e. The van der Waals surface area contributed by atoms with E-state index in [0.717, 1.165) is 0 Å². The molecule has 1 N–H and O–H groups in total. The van der Waals surface area contributed by atoms with Crippen molar-refractivity contribution >= 4 is 29.3 Å². The standard InChI is InChI=1S/C17H20N2O9/c1-9(20)26-14-8-25-17(16(28-11(3)22)15(14)27-10(2)21)18-12-4-6-13(7-5-12)19(23)24/h4-7,14-18H,8H2,1-3H3/t14-,15+,16+,17-/m0/s1. The predicted octanol–water partition coefficient (Wildman–Crippen LogP) is 1.16. The molecule has 1 aromatic rings. The number of carbonyl (C=O) groups is 3. The molecule has 0 aliphatic carbocycles. The van der Waals surface area contributed by atoms with Crippen LogP contribution in [0.15, 0.2) is 24.3 Å². The molecule has 1 aliphatic heterocycles. The molecule has 0 spiro atoms. The fourth-order valence-corrected chi connectivity index (χ4v) is 2.71. The van der Waals surface area contributed by atoms with Gasteiger partial charge in [0.25, 0.3) is 5.69 Å². The lowest BCUT2D eigenvalue weighted by atomic mass is 10.0. The van der Waals surface area contributed by atoms with E-state index in [4.69, 9.17) is 18.9 Å². The smallest absolute Gasteiger partial charge is 0.303 e. The van der Waals surface area contributed by atoms with Crippen LogP contribution in [0.3, 0.4) is 0 Å². The third kappa shape index (κ3) is 5.64. The fraction of sp³-hybridized carbons (Fsp3) is 0.471. The summed E-state index contributed by atoms with van der Waals surface area (Å²) in [4.78, 5) is 44.6. The van der Waals surface area contributed by atoms with Gasteiger partial charge in [-0.1, -0.05) is 0 Å². The van der Waals surface area contributed by atoms with Gasteiger partial charge in [-0.15, -0.1) is 0 Å². The predicted molar refractivity (Wildman–Crippen MR) is 93.1 cm³/mol. The summed E-state index contributed by atoms with van der Waals surface area (Å²) < 4.78 is 21.2. The molecule has 0 unspecified atom stereocenters. The van der Waals surface area contributed by atoms with Gasteiger partial charge in [0, 0.05) is 38.6 Å². The summed E-state index contributed by atoms with van der Waals surface area (Å²) in [7, 11) is 0. The summed E-state index contributed by atoms with van der Waals surface area (Å²) in [5.74, 6) is -1.94. The van der Waals surface area contributed by atoms with E-state index < -0.39 is 47.4 Å². The van der Waals surface area contributed by atoms with Gasteiger partial charge in [-0.3, -0.25) is 24.5 Å². The van der Waals surface area contributed by atoms with Gasteiger partial charge >= 0.3 is 17.9 Å². The lowest BCUT2D eigenvalue weighted by Crippen LogP contribution is -2.59. The topological polar surface area (TPSA) is 143 Å². The van der Waals surface area contributed by atoms with Gasteiger partial charge in [0.15, 0.2) is 24.5 Å². The third-order valence-corrected chi connectivity index (χ3v) is 3.74. The maximum atomic E-state index is 11.6. The van der Waals surface area contributed by atoms with Crippen LogP contribution in [0.4, 0.5) is 11.4 Å². The van der Waals surface area contributed by atoms with Crippen LogP contribution in [0.5, 0.6) is 0 Å². The SMILES string of the molecule is CC(=O)O[C@@H]1[C@H](OC(C)=O)[C@@H](OC(C)=O)CO[C@@H]1Nc1ccc([N+](=O)[O-])cc1. The average molecular weight is 396 g/mol. The number of benzene rings is 1. The summed E-state index contributed by atoms with van der Waals surface area (Å²) in [5.41, 5.74) is 0.347. The first kappa shape index (κ1) is 21.1. The Morgan fingerprint density at radius 1 is 1.00 bits per heavy atom. The molecule has 0 aromatic heterocycles. The minimum atomic E-state index is -1.13. The molecule has 0 radical (unpaired) electrons. The Hall–Kier alpha value is -3.21. The first-order chi connectivity index (χ1) is 13.2. The molecule has 11 nitrogen and oxygen atoms in total. The van der Waals surface area contributed by atoms with Crippen LogP contribution >= 0.6 is 0 Å². The molecular weight excluding hydrogens is 376 g/mol. The van der Waals surface area contributed by atoms with Gasteiger partial charge in [-0.05, 0) is 12.1 Å². The van der Waals surface area contributed by atoms with Gasteiger partial charge in [-0.25, -0.2) is 0 Å². The van der Waals surface area contributed by atoms with Crippen molar-refractivity contribution in [1.82, 2.24) is 0 Å². The van der Waals surface area contributed by atoms with E-state index in [1.54, 1.807) is 0 Å². The largest absolute Gasteiger partial charge is 0.456 e. The molecule has 1 heterocycles. The molecular formula is C17H20N2O9. The zero-order chi connectivity index (χ0) is 20.8. The summed E-state index contributed by atoms with van der Waals surface area (Å²) in [5, 5.41) is 13.7. The maximum absolute atomic E-state index is 11.6. The number of esters is 3. The zero-order valence-corrected chi connectivity index (χ0v) is 15.4. The number of hydrogen-bond acceptors (Lipinski definition) is 10. The molecule has 0 saturated carbocycles. The molecule has 1 aromatic carbocycles. The summed E-state index contributed by atoms with van der Waals surface area (Å²) >= 11 is 0. The van der Waals surface area contributed by atoms with Crippen molar-refractivity contribution in [2.45, 2.75) is 45.3 Å². The Bertz CT molecular complexity index is 749. The van der Waals surface area contributed by atoms with Crippen molar-refractivity contribution in [2.75, 3.05) is 11.9 Å². The number of anilines is 1. The number of hydrogen-bond donors (Lipinski definition) is 1. The van der Waals surface area contributed by atoms with Crippen molar-refractivity contribution < 1.29 is 38.3 Å². The molecule has 0 amide bonds. The summed E-state index contributed by atoms with van der Waals surface area (Å²) in [6.45, 7) is 3.40. The number of rotatable bonds is 6.